The first-order chi connectivity index (χ1) is 7.06. The Morgan fingerprint density at radius 1 is 1.27 bits per heavy atom. The van der Waals surface area contributed by atoms with Crippen molar-refractivity contribution in [2.24, 2.45) is 5.92 Å². The molecular weight excluding hydrogens is 188 g/mol. The van der Waals surface area contributed by atoms with Crippen LogP contribution in [0.25, 0.3) is 0 Å². The van der Waals surface area contributed by atoms with Crippen LogP contribution in [-0.4, -0.2) is 12.1 Å². The Balaban J connectivity index is 3.48. The van der Waals surface area contributed by atoms with E-state index in [2.05, 4.69) is 26.0 Å². The lowest BCUT2D eigenvalue weighted by atomic mass is 10.0. The Morgan fingerprint density at radius 2 is 1.93 bits per heavy atom. The molecule has 0 N–H and O–H groups in total. The number of hydrogen-bond donors (Lipinski definition) is 0. The smallest absolute Gasteiger partial charge is 0.306 e. The maximum atomic E-state index is 11.2. The van der Waals surface area contributed by atoms with Crippen molar-refractivity contribution in [3.8, 4) is 0 Å². The van der Waals surface area contributed by atoms with E-state index in [0.29, 0.717) is 6.42 Å². The second kappa shape index (κ2) is 8.51. The van der Waals surface area contributed by atoms with E-state index in [4.69, 9.17) is 4.74 Å². The molecule has 88 valence electrons. The fourth-order valence-electron chi connectivity index (χ4n) is 1.14. The summed E-state index contributed by atoms with van der Waals surface area (Å²) in [6.45, 7) is 8.17. The van der Waals surface area contributed by atoms with Gasteiger partial charge in [-0.2, -0.15) is 0 Å². The van der Waals surface area contributed by atoms with Crippen LogP contribution in [0.5, 0.6) is 0 Å². The van der Waals surface area contributed by atoms with Crippen molar-refractivity contribution in [2.45, 2.75) is 59.5 Å². The quantitative estimate of drug-likeness (QED) is 0.475. The molecule has 0 saturated carbocycles. The highest BCUT2D eigenvalue weighted by Crippen LogP contribution is 2.07. The zero-order chi connectivity index (χ0) is 11.7. The largest absolute Gasteiger partial charge is 0.463 e. The van der Waals surface area contributed by atoms with E-state index in [1.165, 1.54) is 6.42 Å². The molecule has 0 radical (unpaired) electrons. The van der Waals surface area contributed by atoms with Gasteiger partial charge >= 0.3 is 5.97 Å². The topological polar surface area (TPSA) is 26.3 Å². The molecule has 1 unspecified atom stereocenters. The van der Waals surface area contributed by atoms with E-state index < -0.39 is 0 Å². The third-order valence-corrected chi connectivity index (χ3v) is 2.28. The molecule has 0 aliphatic rings. The molecular formula is C13H24O2. The van der Waals surface area contributed by atoms with Gasteiger partial charge in [0.1, 0.15) is 0 Å². The van der Waals surface area contributed by atoms with Crippen molar-refractivity contribution in [2.75, 3.05) is 0 Å². The van der Waals surface area contributed by atoms with E-state index in [1.54, 1.807) is 0 Å². The molecule has 1 atom stereocenters. The normalized spacial score (nSPS) is 13.4. The van der Waals surface area contributed by atoms with Gasteiger partial charge in [-0.1, -0.05) is 32.4 Å². The fraction of sp³-hybridized carbons (Fsp3) is 0.769. The fourth-order valence-corrected chi connectivity index (χ4v) is 1.14. The first-order valence-electron chi connectivity index (χ1n) is 5.90. The van der Waals surface area contributed by atoms with Gasteiger partial charge in [-0.25, -0.2) is 0 Å². The molecule has 0 bridgehead atoms. The Kier molecular flexibility index (Phi) is 8.06. The summed E-state index contributed by atoms with van der Waals surface area (Å²) in [5.74, 6) is 0.641. The number of rotatable bonds is 7. The van der Waals surface area contributed by atoms with Crippen molar-refractivity contribution >= 4 is 5.97 Å². The van der Waals surface area contributed by atoms with Crippen LogP contribution in [-0.2, 0) is 9.53 Å². The Labute approximate surface area is 93.7 Å². The number of allylic oxidation sites excluding steroid dienone is 2. The van der Waals surface area contributed by atoms with Crippen LogP contribution >= 0.6 is 0 Å². The van der Waals surface area contributed by atoms with E-state index in [9.17, 15) is 4.79 Å². The second-order valence-corrected chi connectivity index (χ2v) is 4.30. The van der Waals surface area contributed by atoms with Gasteiger partial charge in [-0.3, -0.25) is 4.79 Å². The number of esters is 1. The molecule has 0 aromatic heterocycles. The lowest BCUT2D eigenvalue weighted by molar-refractivity contribution is -0.147. The average molecular weight is 212 g/mol. The van der Waals surface area contributed by atoms with Gasteiger partial charge in [-0.05, 0) is 32.6 Å². The molecule has 0 aliphatic heterocycles. The average Bonchev–Trinajstić information content (AvgIpc) is 2.15. The van der Waals surface area contributed by atoms with Gasteiger partial charge in [0.15, 0.2) is 0 Å². The van der Waals surface area contributed by atoms with Crippen LogP contribution in [0.4, 0.5) is 0 Å². The molecule has 0 amide bonds. The monoisotopic (exact) mass is 212 g/mol. The highest BCUT2D eigenvalue weighted by molar-refractivity contribution is 5.69. The van der Waals surface area contributed by atoms with Crippen molar-refractivity contribution in [3.63, 3.8) is 0 Å². The summed E-state index contributed by atoms with van der Waals surface area (Å²) in [7, 11) is 0. The molecule has 2 heteroatoms. The molecule has 0 spiro atoms. The molecule has 2 nitrogen and oxygen atoms in total. The SMILES string of the molecule is CCC(C)C/C=C\CCC(=O)OC(C)C. The van der Waals surface area contributed by atoms with Crippen molar-refractivity contribution < 1.29 is 9.53 Å². The van der Waals surface area contributed by atoms with Crippen LogP contribution in [0.15, 0.2) is 12.2 Å². The third kappa shape index (κ3) is 9.51. The summed E-state index contributed by atoms with van der Waals surface area (Å²) in [5.41, 5.74) is 0. The Bertz CT molecular complexity index is 195. The number of carbonyl (C=O) groups excluding carboxylic acids is 1. The van der Waals surface area contributed by atoms with Crippen LogP contribution < -0.4 is 0 Å². The van der Waals surface area contributed by atoms with Gasteiger partial charge in [-0.15, -0.1) is 0 Å². The standard InChI is InChI=1S/C13H24O2/c1-5-12(4)9-7-6-8-10-13(14)15-11(2)3/h6-7,11-12H,5,8-10H2,1-4H3/b7-6-. The number of hydrogen-bond acceptors (Lipinski definition) is 2. The second-order valence-electron chi connectivity index (χ2n) is 4.30. The molecule has 0 aliphatic carbocycles. The summed E-state index contributed by atoms with van der Waals surface area (Å²) in [5, 5.41) is 0. The molecule has 15 heavy (non-hydrogen) atoms. The van der Waals surface area contributed by atoms with Crippen molar-refractivity contribution in [3.05, 3.63) is 12.2 Å². The van der Waals surface area contributed by atoms with Crippen LogP contribution in [0.1, 0.15) is 53.4 Å². The maximum absolute atomic E-state index is 11.2. The molecule has 0 aromatic rings. The van der Waals surface area contributed by atoms with Gasteiger partial charge in [0, 0.05) is 6.42 Å². The number of carbonyl (C=O) groups is 1. The molecule has 0 saturated heterocycles. The predicted molar refractivity (Wildman–Crippen MR) is 63.7 cm³/mol. The summed E-state index contributed by atoms with van der Waals surface area (Å²) in [4.78, 5) is 11.2. The predicted octanol–water partition coefficient (Wildman–Crippen LogP) is 3.71. The number of ether oxygens (including phenoxy) is 1. The minimum absolute atomic E-state index is 0.00148. The third-order valence-electron chi connectivity index (χ3n) is 2.28. The lowest BCUT2D eigenvalue weighted by Crippen LogP contribution is -2.10. The van der Waals surface area contributed by atoms with E-state index >= 15 is 0 Å². The summed E-state index contributed by atoms with van der Waals surface area (Å²) in [6.07, 6.45) is 7.85. The van der Waals surface area contributed by atoms with Gasteiger partial charge in [0.25, 0.3) is 0 Å². The Hall–Kier alpha value is -0.790. The highest BCUT2D eigenvalue weighted by atomic mass is 16.5. The Morgan fingerprint density at radius 3 is 2.47 bits per heavy atom. The first-order valence-corrected chi connectivity index (χ1v) is 5.90. The molecule has 0 fully saturated rings. The highest BCUT2D eigenvalue weighted by Gasteiger charge is 2.02. The van der Waals surface area contributed by atoms with Crippen LogP contribution in [0.3, 0.4) is 0 Å². The minimum Gasteiger partial charge on any atom is -0.463 e. The van der Waals surface area contributed by atoms with Crippen molar-refractivity contribution in [1.29, 1.82) is 0 Å². The summed E-state index contributed by atoms with van der Waals surface area (Å²) >= 11 is 0. The van der Waals surface area contributed by atoms with Crippen LogP contribution in [0.2, 0.25) is 0 Å². The van der Waals surface area contributed by atoms with E-state index in [0.717, 1.165) is 18.8 Å². The summed E-state index contributed by atoms with van der Waals surface area (Å²) in [6, 6.07) is 0. The van der Waals surface area contributed by atoms with E-state index in [1.807, 2.05) is 13.8 Å². The zero-order valence-corrected chi connectivity index (χ0v) is 10.5. The lowest BCUT2D eigenvalue weighted by Gasteiger charge is -2.06. The van der Waals surface area contributed by atoms with E-state index in [-0.39, 0.29) is 12.1 Å². The minimum atomic E-state index is -0.0989. The van der Waals surface area contributed by atoms with Crippen molar-refractivity contribution in [1.82, 2.24) is 0 Å². The molecule has 0 heterocycles. The maximum Gasteiger partial charge on any atom is 0.306 e. The molecule has 0 rings (SSSR count). The van der Waals surface area contributed by atoms with Crippen LogP contribution in [0, 0.1) is 5.92 Å². The van der Waals surface area contributed by atoms with Gasteiger partial charge in [0.05, 0.1) is 6.10 Å². The zero-order valence-electron chi connectivity index (χ0n) is 10.5. The van der Waals surface area contributed by atoms with Gasteiger partial charge in [0.2, 0.25) is 0 Å². The molecule has 0 aromatic carbocycles. The van der Waals surface area contributed by atoms with Gasteiger partial charge < -0.3 is 4.74 Å². The first kappa shape index (κ1) is 14.2. The summed E-state index contributed by atoms with van der Waals surface area (Å²) < 4.78 is 5.03.